The lowest BCUT2D eigenvalue weighted by atomic mass is 10.2. The van der Waals surface area contributed by atoms with Gasteiger partial charge in [0.15, 0.2) is 11.5 Å². The molecule has 20 heavy (non-hydrogen) atoms. The van der Waals surface area contributed by atoms with Crippen molar-refractivity contribution in [3.63, 3.8) is 0 Å². The highest BCUT2D eigenvalue weighted by atomic mass is 16.6. The van der Waals surface area contributed by atoms with Crippen LogP contribution in [0.3, 0.4) is 0 Å². The predicted octanol–water partition coefficient (Wildman–Crippen LogP) is 2.49. The number of para-hydroxylation sites is 3. The Hall–Kier alpha value is -2.49. The lowest BCUT2D eigenvalue weighted by molar-refractivity contribution is -0.127. The molecular weight excluding hydrogens is 254 g/mol. The molecule has 0 aliphatic carbocycles. The van der Waals surface area contributed by atoms with Gasteiger partial charge in [0.05, 0.1) is 0 Å². The number of benzene rings is 2. The Morgan fingerprint density at radius 3 is 2.45 bits per heavy atom. The third kappa shape index (κ3) is 2.32. The lowest BCUT2D eigenvalue weighted by Gasteiger charge is -2.28. The first-order chi connectivity index (χ1) is 9.75. The van der Waals surface area contributed by atoms with E-state index in [1.165, 1.54) is 0 Å². The van der Waals surface area contributed by atoms with Crippen molar-refractivity contribution in [2.75, 3.05) is 18.6 Å². The quantitative estimate of drug-likeness (QED) is 0.840. The molecule has 4 heteroatoms. The summed E-state index contributed by atoms with van der Waals surface area (Å²) in [7, 11) is 1.74. The summed E-state index contributed by atoms with van der Waals surface area (Å²) >= 11 is 0. The van der Waals surface area contributed by atoms with Crippen LogP contribution in [0.1, 0.15) is 0 Å². The molecule has 2 aromatic carbocycles. The van der Waals surface area contributed by atoms with Gasteiger partial charge < -0.3 is 14.4 Å². The third-order valence-corrected chi connectivity index (χ3v) is 3.26. The Labute approximate surface area is 117 Å². The minimum atomic E-state index is -0.616. The zero-order valence-electron chi connectivity index (χ0n) is 11.2. The van der Waals surface area contributed by atoms with Crippen LogP contribution in [0.4, 0.5) is 5.69 Å². The Kier molecular flexibility index (Phi) is 3.29. The van der Waals surface area contributed by atoms with Crippen molar-refractivity contribution >= 4 is 11.6 Å². The first-order valence-corrected chi connectivity index (χ1v) is 6.47. The Balaban J connectivity index is 1.76. The molecule has 0 fully saturated rings. The molecule has 0 N–H and O–H groups in total. The van der Waals surface area contributed by atoms with E-state index in [0.29, 0.717) is 11.5 Å². The van der Waals surface area contributed by atoms with Gasteiger partial charge in [-0.2, -0.15) is 0 Å². The van der Waals surface area contributed by atoms with Crippen molar-refractivity contribution in [3.05, 3.63) is 54.6 Å². The summed E-state index contributed by atoms with van der Waals surface area (Å²) in [6.07, 6.45) is -0.616. The van der Waals surface area contributed by atoms with Crippen LogP contribution in [0.15, 0.2) is 54.6 Å². The molecule has 1 aliphatic heterocycles. The number of carbonyl (C=O) groups excluding carboxylic acids is 1. The molecule has 0 unspecified atom stereocenters. The monoisotopic (exact) mass is 269 g/mol. The number of likely N-dealkylation sites (N-methyl/N-ethyl adjacent to an activating group) is 1. The number of fused-ring (bicyclic) bond motifs is 1. The molecule has 0 radical (unpaired) electrons. The van der Waals surface area contributed by atoms with Crippen molar-refractivity contribution in [2.24, 2.45) is 0 Å². The average molecular weight is 269 g/mol. The second-order valence-corrected chi connectivity index (χ2v) is 4.60. The molecule has 102 valence electrons. The van der Waals surface area contributed by atoms with Crippen LogP contribution in [-0.2, 0) is 4.79 Å². The molecule has 0 spiro atoms. The minimum Gasteiger partial charge on any atom is -0.485 e. The second kappa shape index (κ2) is 5.25. The van der Waals surface area contributed by atoms with Gasteiger partial charge >= 0.3 is 0 Å². The van der Waals surface area contributed by atoms with Crippen molar-refractivity contribution < 1.29 is 14.3 Å². The van der Waals surface area contributed by atoms with Gasteiger partial charge in [0.1, 0.15) is 6.61 Å². The van der Waals surface area contributed by atoms with Gasteiger partial charge in [-0.05, 0) is 24.3 Å². The number of hydrogen-bond acceptors (Lipinski definition) is 3. The second-order valence-electron chi connectivity index (χ2n) is 4.60. The summed E-state index contributed by atoms with van der Waals surface area (Å²) < 4.78 is 11.3. The molecule has 0 bridgehead atoms. The number of carbonyl (C=O) groups is 1. The normalized spacial score (nSPS) is 16.6. The first kappa shape index (κ1) is 12.5. The minimum absolute atomic E-state index is 0.120. The topological polar surface area (TPSA) is 38.8 Å². The molecule has 1 amide bonds. The van der Waals surface area contributed by atoms with Crippen molar-refractivity contribution in [3.8, 4) is 11.5 Å². The summed E-state index contributed by atoms with van der Waals surface area (Å²) in [5.41, 5.74) is 0.833. The fourth-order valence-corrected chi connectivity index (χ4v) is 2.14. The highest BCUT2D eigenvalue weighted by molar-refractivity contribution is 5.96. The molecule has 0 saturated heterocycles. The van der Waals surface area contributed by atoms with E-state index >= 15 is 0 Å². The highest BCUT2D eigenvalue weighted by Gasteiger charge is 2.30. The Morgan fingerprint density at radius 1 is 1.05 bits per heavy atom. The maximum atomic E-state index is 12.4. The molecular formula is C16H15NO3. The van der Waals surface area contributed by atoms with E-state index in [1.54, 1.807) is 18.0 Å². The molecule has 0 saturated carbocycles. The predicted molar refractivity (Wildman–Crippen MR) is 76.2 cm³/mol. The van der Waals surface area contributed by atoms with Crippen LogP contribution in [-0.4, -0.2) is 25.7 Å². The van der Waals surface area contributed by atoms with Crippen LogP contribution >= 0.6 is 0 Å². The smallest absolute Gasteiger partial charge is 0.271 e. The van der Waals surface area contributed by atoms with Crippen molar-refractivity contribution in [2.45, 2.75) is 6.10 Å². The zero-order chi connectivity index (χ0) is 13.9. The number of ether oxygens (including phenoxy) is 2. The molecule has 4 nitrogen and oxygen atoms in total. The van der Waals surface area contributed by atoms with Gasteiger partial charge in [-0.3, -0.25) is 4.79 Å². The van der Waals surface area contributed by atoms with E-state index in [4.69, 9.17) is 9.47 Å². The van der Waals surface area contributed by atoms with E-state index in [0.717, 1.165) is 5.69 Å². The van der Waals surface area contributed by atoms with E-state index < -0.39 is 6.10 Å². The SMILES string of the molecule is CN(C(=O)[C@H]1COc2ccccc2O1)c1ccccc1. The third-order valence-electron chi connectivity index (χ3n) is 3.26. The van der Waals surface area contributed by atoms with Crippen LogP contribution in [0.2, 0.25) is 0 Å². The fourth-order valence-electron chi connectivity index (χ4n) is 2.14. The van der Waals surface area contributed by atoms with Gasteiger partial charge in [-0.15, -0.1) is 0 Å². The number of hydrogen-bond donors (Lipinski definition) is 0. The van der Waals surface area contributed by atoms with Gasteiger partial charge in [0.2, 0.25) is 6.10 Å². The largest absolute Gasteiger partial charge is 0.485 e. The van der Waals surface area contributed by atoms with Crippen LogP contribution < -0.4 is 14.4 Å². The molecule has 2 aromatic rings. The van der Waals surface area contributed by atoms with Crippen molar-refractivity contribution in [1.29, 1.82) is 0 Å². The Morgan fingerprint density at radius 2 is 1.70 bits per heavy atom. The maximum absolute atomic E-state index is 12.4. The lowest BCUT2D eigenvalue weighted by Crippen LogP contribution is -2.45. The van der Waals surface area contributed by atoms with Gasteiger partial charge in [0.25, 0.3) is 5.91 Å². The molecule has 0 aromatic heterocycles. The summed E-state index contributed by atoms with van der Waals surface area (Å²) in [6, 6.07) is 16.8. The number of anilines is 1. The average Bonchev–Trinajstić information content (AvgIpc) is 2.54. The van der Waals surface area contributed by atoms with E-state index in [-0.39, 0.29) is 12.5 Å². The summed E-state index contributed by atoms with van der Waals surface area (Å²) in [4.78, 5) is 14.0. The first-order valence-electron chi connectivity index (χ1n) is 6.47. The van der Waals surface area contributed by atoms with E-state index in [2.05, 4.69) is 0 Å². The van der Waals surface area contributed by atoms with Gasteiger partial charge in [-0.25, -0.2) is 0 Å². The maximum Gasteiger partial charge on any atom is 0.271 e. The molecule has 1 heterocycles. The van der Waals surface area contributed by atoms with Gasteiger partial charge in [0, 0.05) is 12.7 Å². The Bertz CT molecular complexity index is 612. The molecule has 1 aliphatic rings. The zero-order valence-corrected chi connectivity index (χ0v) is 11.2. The summed E-state index contributed by atoms with van der Waals surface area (Å²) in [6.45, 7) is 0.229. The summed E-state index contributed by atoms with van der Waals surface area (Å²) in [5.74, 6) is 1.17. The van der Waals surface area contributed by atoms with E-state index in [9.17, 15) is 4.79 Å². The van der Waals surface area contributed by atoms with Crippen molar-refractivity contribution in [1.82, 2.24) is 0 Å². The number of nitrogens with zero attached hydrogens (tertiary/aromatic N) is 1. The molecule has 1 atom stereocenters. The highest BCUT2D eigenvalue weighted by Crippen LogP contribution is 2.31. The number of rotatable bonds is 2. The standard InChI is InChI=1S/C16H15NO3/c1-17(12-7-3-2-4-8-12)16(18)15-11-19-13-9-5-6-10-14(13)20-15/h2-10,15H,11H2,1H3/t15-/m1/s1. The summed E-state index contributed by atoms with van der Waals surface area (Å²) in [5, 5.41) is 0. The fraction of sp³-hybridized carbons (Fsp3) is 0.188. The molecule has 3 rings (SSSR count). The van der Waals surface area contributed by atoms with Crippen LogP contribution in [0, 0.1) is 0 Å². The van der Waals surface area contributed by atoms with Crippen LogP contribution in [0.25, 0.3) is 0 Å². The van der Waals surface area contributed by atoms with Gasteiger partial charge in [-0.1, -0.05) is 30.3 Å². The van der Waals surface area contributed by atoms with Crippen LogP contribution in [0.5, 0.6) is 11.5 Å². The van der Waals surface area contributed by atoms with E-state index in [1.807, 2.05) is 48.5 Å². The number of amides is 1.